The quantitative estimate of drug-likeness (QED) is 0.182. The number of fused-ring (bicyclic) bond motifs is 10. The average Bonchev–Trinajstić information content (AvgIpc) is 3.81. The van der Waals surface area contributed by atoms with E-state index in [4.69, 9.17) is 8.83 Å². The van der Waals surface area contributed by atoms with Crippen LogP contribution in [0.3, 0.4) is 0 Å². The van der Waals surface area contributed by atoms with Gasteiger partial charge in [0.2, 0.25) is 0 Å². The van der Waals surface area contributed by atoms with E-state index in [2.05, 4.69) is 181 Å². The molecule has 0 bridgehead atoms. The Labute approximate surface area is 305 Å². The molecule has 0 unspecified atom stereocenters. The minimum Gasteiger partial charge on any atom is -0.456 e. The highest BCUT2D eigenvalue weighted by atomic mass is 16.3. The van der Waals surface area contributed by atoms with E-state index in [0.717, 1.165) is 72.1 Å². The third kappa shape index (κ3) is 4.68. The molecule has 3 nitrogen and oxygen atoms in total. The number of anilines is 3. The Morgan fingerprint density at radius 2 is 0.906 bits per heavy atom. The van der Waals surface area contributed by atoms with Crippen molar-refractivity contribution in [2.24, 2.45) is 0 Å². The zero-order valence-electron chi connectivity index (χ0n) is 28.7. The fourth-order valence-corrected chi connectivity index (χ4v) is 8.20. The van der Waals surface area contributed by atoms with Crippen molar-refractivity contribution >= 4 is 82.5 Å². The van der Waals surface area contributed by atoms with Crippen molar-refractivity contribution in [3.8, 4) is 22.3 Å². The molecule has 11 rings (SSSR count). The lowest BCUT2D eigenvalue weighted by Gasteiger charge is -2.27. The maximum Gasteiger partial charge on any atom is 0.143 e. The van der Waals surface area contributed by atoms with Crippen LogP contribution in [-0.2, 0) is 0 Å². The van der Waals surface area contributed by atoms with E-state index in [0.29, 0.717) is 0 Å². The minimum absolute atomic E-state index is 0.871. The standard InChI is InChI=1S/C50H31NO2/c1-2-10-32(11-3-1)33-20-26-37(27-21-33)51(43-18-8-13-34-12-4-5-14-39(34)43)38-28-22-35(23-29-38)40-16-9-17-42-49-46(53-50(40)42)31-25-36-24-30-45-48(47(36)49)41-15-6-7-19-44(41)52-45/h1-31H. The van der Waals surface area contributed by atoms with E-state index in [9.17, 15) is 0 Å². The molecule has 53 heavy (non-hydrogen) atoms. The summed E-state index contributed by atoms with van der Waals surface area (Å²) in [4.78, 5) is 2.36. The Kier molecular flexibility index (Phi) is 6.55. The Balaban J connectivity index is 1.06. The number of nitrogens with zero attached hydrogens (tertiary/aromatic N) is 1. The van der Waals surface area contributed by atoms with Crippen LogP contribution in [0.15, 0.2) is 197 Å². The molecule has 248 valence electrons. The zero-order valence-corrected chi connectivity index (χ0v) is 28.7. The average molecular weight is 678 g/mol. The van der Waals surface area contributed by atoms with Crippen LogP contribution in [0.5, 0.6) is 0 Å². The minimum atomic E-state index is 0.871. The predicted octanol–water partition coefficient (Wildman–Crippen LogP) is 14.6. The number of furan rings is 2. The monoisotopic (exact) mass is 677 g/mol. The molecule has 9 aromatic carbocycles. The molecule has 11 aromatic rings. The summed E-state index contributed by atoms with van der Waals surface area (Å²) < 4.78 is 13.1. The third-order valence-corrected chi connectivity index (χ3v) is 10.7. The fourth-order valence-electron chi connectivity index (χ4n) is 8.20. The number of para-hydroxylation sites is 2. The van der Waals surface area contributed by atoms with Gasteiger partial charge in [0.1, 0.15) is 22.3 Å². The number of benzene rings is 9. The molecule has 0 atom stereocenters. The lowest BCUT2D eigenvalue weighted by molar-refractivity contribution is 0.669. The van der Waals surface area contributed by atoms with Gasteiger partial charge in [-0.25, -0.2) is 0 Å². The first kappa shape index (κ1) is 29.6. The summed E-state index contributed by atoms with van der Waals surface area (Å²) in [6, 6.07) is 66.7. The molecule has 0 fully saturated rings. The van der Waals surface area contributed by atoms with E-state index in [1.807, 2.05) is 12.1 Å². The SMILES string of the molecule is c1ccc(-c2ccc(N(c3ccc(-c4cccc5c4oc4ccc6ccc7oc8ccccc8c7c6c45)cc3)c3cccc4ccccc34)cc2)cc1. The van der Waals surface area contributed by atoms with Crippen molar-refractivity contribution in [3.05, 3.63) is 188 Å². The molecule has 0 radical (unpaired) electrons. The summed E-state index contributed by atoms with van der Waals surface area (Å²) in [6.07, 6.45) is 0. The van der Waals surface area contributed by atoms with Crippen LogP contribution >= 0.6 is 0 Å². The second-order valence-electron chi connectivity index (χ2n) is 13.7. The van der Waals surface area contributed by atoms with Crippen LogP contribution < -0.4 is 4.90 Å². The van der Waals surface area contributed by atoms with Crippen molar-refractivity contribution in [1.82, 2.24) is 0 Å². The molecule has 0 amide bonds. The van der Waals surface area contributed by atoms with Gasteiger partial charge in [-0.1, -0.05) is 140 Å². The second kappa shape index (κ2) is 11.7. The lowest BCUT2D eigenvalue weighted by atomic mass is 9.97. The Hall–Kier alpha value is -7.10. The van der Waals surface area contributed by atoms with Crippen molar-refractivity contribution in [2.45, 2.75) is 0 Å². The largest absolute Gasteiger partial charge is 0.456 e. The van der Waals surface area contributed by atoms with E-state index in [1.165, 1.54) is 32.7 Å². The molecule has 0 saturated heterocycles. The Morgan fingerprint density at radius 3 is 1.70 bits per heavy atom. The van der Waals surface area contributed by atoms with Crippen molar-refractivity contribution in [2.75, 3.05) is 4.90 Å². The van der Waals surface area contributed by atoms with E-state index >= 15 is 0 Å². The molecule has 0 spiro atoms. The van der Waals surface area contributed by atoms with Gasteiger partial charge in [-0.15, -0.1) is 0 Å². The van der Waals surface area contributed by atoms with Gasteiger partial charge in [-0.2, -0.15) is 0 Å². The van der Waals surface area contributed by atoms with Crippen LogP contribution in [0.2, 0.25) is 0 Å². The van der Waals surface area contributed by atoms with Gasteiger partial charge in [-0.05, 0) is 76.0 Å². The molecule has 0 N–H and O–H groups in total. The maximum atomic E-state index is 6.75. The highest BCUT2D eigenvalue weighted by molar-refractivity contribution is 6.31. The van der Waals surface area contributed by atoms with Gasteiger partial charge >= 0.3 is 0 Å². The summed E-state index contributed by atoms with van der Waals surface area (Å²) in [7, 11) is 0. The van der Waals surface area contributed by atoms with E-state index in [1.54, 1.807) is 0 Å². The van der Waals surface area contributed by atoms with Crippen LogP contribution in [0.4, 0.5) is 17.1 Å². The van der Waals surface area contributed by atoms with Gasteiger partial charge in [0, 0.05) is 49.3 Å². The van der Waals surface area contributed by atoms with E-state index in [-0.39, 0.29) is 0 Å². The van der Waals surface area contributed by atoms with Gasteiger partial charge in [0.25, 0.3) is 0 Å². The van der Waals surface area contributed by atoms with Gasteiger partial charge in [0.05, 0.1) is 5.69 Å². The molecule has 2 heterocycles. The number of rotatable bonds is 5. The smallest absolute Gasteiger partial charge is 0.143 e. The Bertz CT molecular complexity index is 3150. The van der Waals surface area contributed by atoms with Crippen LogP contribution in [0.1, 0.15) is 0 Å². The fraction of sp³-hybridized carbons (Fsp3) is 0. The summed E-state index contributed by atoms with van der Waals surface area (Å²) in [5.74, 6) is 0. The highest BCUT2D eigenvalue weighted by Gasteiger charge is 2.20. The first-order valence-electron chi connectivity index (χ1n) is 18.0. The molecular formula is C50H31NO2. The van der Waals surface area contributed by atoms with Crippen molar-refractivity contribution in [3.63, 3.8) is 0 Å². The first-order chi connectivity index (χ1) is 26.3. The molecule has 3 heteroatoms. The molecule has 2 aromatic heterocycles. The van der Waals surface area contributed by atoms with Gasteiger partial charge in [-0.3, -0.25) is 0 Å². The molecule has 0 aliphatic rings. The summed E-state index contributed by atoms with van der Waals surface area (Å²) in [5.41, 5.74) is 11.4. The summed E-state index contributed by atoms with van der Waals surface area (Å²) in [6.45, 7) is 0. The zero-order chi connectivity index (χ0) is 34.9. The topological polar surface area (TPSA) is 29.5 Å². The molecule has 0 saturated carbocycles. The molecule has 0 aliphatic carbocycles. The number of hydrogen-bond donors (Lipinski definition) is 0. The van der Waals surface area contributed by atoms with Crippen LogP contribution in [-0.4, -0.2) is 0 Å². The molecule has 0 aliphatic heterocycles. The van der Waals surface area contributed by atoms with Gasteiger partial charge in [0.15, 0.2) is 0 Å². The Morgan fingerprint density at radius 1 is 0.321 bits per heavy atom. The first-order valence-corrected chi connectivity index (χ1v) is 18.0. The van der Waals surface area contributed by atoms with Crippen molar-refractivity contribution in [1.29, 1.82) is 0 Å². The van der Waals surface area contributed by atoms with Crippen LogP contribution in [0, 0.1) is 0 Å². The third-order valence-electron chi connectivity index (χ3n) is 10.7. The second-order valence-corrected chi connectivity index (χ2v) is 13.7. The summed E-state index contributed by atoms with van der Waals surface area (Å²) >= 11 is 0. The predicted molar refractivity (Wildman–Crippen MR) is 222 cm³/mol. The summed E-state index contributed by atoms with van der Waals surface area (Å²) in [5, 5.41) is 9.20. The highest BCUT2D eigenvalue weighted by Crippen LogP contribution is 2.45. The van der Waals surface area contributed by atoms with Crippen molar-refractivity contribution < 1.29 is 8.83 Å². The van der Waals surface area contributed by atoms with Crippen LogP contribution in [0.25, 0.3) is 87.7 Å². The normalized spacial score (nSPS) is 11.8. The number of hydrogen-bond acceptors (Lipinski definition) is 3. The molecular weight excluding hydrogens is 647 g/mol. The van der Waals surface area contributed by atoms with Gasteiger partial charge < -0.3 is 13.7 Å². The lowest BCUT2D eigenvalue weighted by Crippen LogP contribution is -2.10. The maximum absolute atomic E-state index is 6.75. The van der Waals surface area contributed by atoms with E-state index < -0.39 is 0 Å².